The fraction of sp³-hybridized carbons (Fsp3) is 0.393. The maximum atomic E-state index is 13.8. The minimum Gasteiger partial charge on any atom is -0.373 e. The summed E-state index contributed by atoms with van der Waals surface area (Å²) in [6.45, 7) is 0.322. The Morgan fingerprint density at radius 3 is 2.53 bits per heavy atom. The van der Waals surface area contributed by atoms with Gasteiger partial charge in [0.15, 0.2) is 0 Å². The van der Waals surface area contributed by atoms with Gasteiger partial charge in [-0.05, 0) is 68.9 Å². The number of carbonyl (C=O) groups is 1. The summed E-state index contributed by atoms with van der Waals surface area (Å²) in [5, 5.41) is 17.2. The molecule has 1 N–H and O–H groups in total. The van der Waals surface area contributed by atoms with E-state index in [0.717, 1.165) is 43.1 Å². The largest absolute Gasteiger partial charge is 0.373 e. The van der Waals surface area contributed by atoms with E-state index in [9.17, 15) is 9.18 Å². The molecule has 1 saturated carbocycles. The van der Waals surface area contributed by atoms with Crippen LogP contribution in [0, 0.1) is 17.1 Å². The van der Waals surface area contributed by atoms with E-state index in [1.54, 1.807) is 18.2 Å². The first-order valence-corrected chi connectivity index (χ1v) is 13.5. The lowest BCUT2D eigenvalue weighted by molar-refractivity contribution is -0.0158. The van der Waals surface area contributed by atoms with Crippen molar-refractivity contribution in [3.8, 4) is 17.3 Å². The Bertz CT molecular complexity index is 1400. The summed E-state index contributed by atoms with van der Waals surface area (Å²) in [6, 6.07) is 10.8. The van der Waals surface area contributed by atoms with E-state index >= 15 is 0 Å². The van der Waals surface area contributed by atoms with Crippen LogP contribution in [0.15, 0.2) is 40.9 Å². The number of piperidine rings is 1. The van der Waals surface area contributed by atoms with E-state index in [1.165, 1.54) is 12.1 Å². The van der Waals surface area contributed by atoms with Gasteiger partial charge < -0.3 is 19.5 Å². The summed E-state index contributed by atoms with van der Waals surface area (Å²) < 4.78 is 26.0. The first-order chi connectivity index (χ1) is 18.4. The van der Waals surface area contributed by atoms with Gasteiger partial charge in [-0.2, -0.15) is 5.26 Å². The molecule has 2 bridgehead atoms. The van der Waals surface area contributed by atoms with Crippen LogP contribution in [0.4, 0.5) is 14.9 Å². The quantitative estimate of drug-likeness (QED) is 0.345. The van der Waals surface area contributed by atoms with Crippen molar-refractivity contribution in [1.82, 2.24) is 10.1 Å². The van der Waals surface area contributed by atoms with Gasteiger partial charge in [0.25, 0.3) is 0 Å². The summed E-state index contributed by atoms with van der Waals surface area (Å²) in [4.78, 5) is 15.0. The van der Waals surface area contributed by atoms with Crippen molar-refractivity contribution in [2.45, 2.75) is 69.2 Å². The number of halogens is 3. The van der Waals surface area contributed by atoms with Gasteiger partial charge in [-0.1, -0.05) is 34.4 Å². The number of nitrogens with zero attached hydrogens (tertiary/aromatic N) is 3. The molecule has 1 aromatic heterocycles. The zero-order valence-corrected chi connectivity index (χ0v) is 21.9. The highest BCUT2D eigenvalue weighted by molar-refractivity contribution is 6.39. The Balaban J connectivity index is 1.15. The summed E-state index contributed by atoms with van der Waals surface area (Å²) in [5.41, 5.74) is 2.58. The summed E-state index contributed by atoms with van der Waals surface area (Å²) in [7, 11) is 0. The Morgan fingerprint density at radius 1 is 1.16 bits per heavy atom. The summed E-state index contributed by atoms with van der Waals surface area (Å²) in [5.74, 6) is 0.607. The molecule has 0 spiro atoms. The molecule has 196 valence electrons. The van der Waals surface area contributed by atoms with E-state index in [2.05, 4.69) is 10.5 Å². The van der Waals surface area contributed by atoms with E-state index < -0.39 is 5.82 Å². The SMILES string of the molecule is N#Cc1cc(F)cc(NC(=O)N2C3CCC2CC(OCc2c(-c4c(Cl)cccc4Cl)noc2C2CC2)C3)c1. The van der Waals surface area contributed by atoms with Crippen molar-refractivity contribution >= 4 is 34.9 Å². The maximum Gasteiger partial charge on any atom is 0.322 e. The van der Waals surface area contributed by atoms with Crippen LogP contribution < -0.4 is 5.32 Å². The van der Waals surface area contributed by atoms with Gasteiger partial charge in [0.1, 0.15) is 17.3 Å². The standard InChI is InChI=1S/C28H25Cl2FN4O3/c29-23-2-1-3-24(30)25(23)26-22(27(38-34-26)16-4-5-16)14-37-21-11-19-6-7-20(12-21)35(19)28(36)33-18-9-15(13-32)8-17(31)10-18/h1-3,8-10,16,19-21H,4-7,11-12,14H2,(H,33,36). The number of benzene rings is 2. The Labute approximate surface area is 229 Å². The minimum atomic E-state index is -0.564. The molecular formula is C28H25Cl2FN4O3. The van der Waals surface area contributed by atoms with Gasteiger partial charge in [0.05, 0.1) is 34.4 Å². The lowest BCUT2D eigenvalue weighted by Crippen LogP contribution is -2.50. The molecule has 3 heterocycles. The second-order valence-electron chi connectivity index (χ2n) is 10.2. The number of hydrogen-bond donors (Lipinski definition) is 1. The molecule has 2 atom stereocenters. The van der Waals surface area contributed by atoms with Gasteiger partial charge in [-0.15, -0.1) is 0 Å². The van der Waals surface area contributed by atoms with Gasteiger partial charge in [0, 0.05) is 34.8 Å². The summed E-state index contributed by atoms with van der Waals surface area (Å²) >= 11 is 13.0. The van der Waals surface area contributed by atoms with Crippen molar-refractivity contribution in [1.29, 1.82) is 5.26 Å². The minimum absolute atomic E-state index is 0.0191. The molecule has 3 aliphatic rings. The van der Waals surface area contributed by atoms with Crippen LogP contribution in [0.1, 0.15) is 61.3 Å². The zero-order valence-electron chi connectivity index (χ0n) is 20.4. The average molecular weight is 555 g/mol. The molecule has 2 amide bonds. The summed E-state index contributed by atoms with van der Waals surface area (Å²) in [6.07, 6.45) is 5.23. The second-order valence-corrected chi connectivity index (χ2v) is 11.0. The van der Waals surface area contributed by atoms with E-state index in [4.69, 9.17) is 37.7 Å². The molecule has 3 fully saturated rings. The predicted molar refractivity (Wildman–Crippen MR) is 141 cm³/mol. The van der Waals surface area contributed by atoms with E-state index in [-0.39, 0.29) is 35.5 Å². The fourth-order valence-corrected chi connectivity index (χ4v) is 6.34. The number of aromatic nitrogens is 1. The highest BCUT2D eigenvalue weighted by Crippen LogP contribution is 2.46. The fourth-order valence-electron chi connectivity index (χ4n) is 5.76. The molecule has 7 nitrogen and oxygen atoms in total. The molecule has 10 heteroatoms. The Kier molecular flexibility index (Phi) is 6.77. The molecule has 2 saturated heterocycles. The first-order valence-electron chi connectivity index (χ1n) is 12.8. The number of carbonyl (C=O) groups excluding carboxylic acids is 1. The average Bonchev–Trinajstić information content (AvgIpc) is 3.59. The molecule has 38 heavy (non-hydrogen) atoms. The molecular weight excluding hydrogens is 530 g/mol. The number of ether oxygens (including phenoxy) is 1. The number of rotatable bonds is 6. The van der Waals surface area contributed by atoms with Crippen molar-refractivity contribution in [3.63, 3.8) is 0 Å². The second kappa shape index (κ2) is 10.2. The molecule has 0 radical (unpaired) electrons. The van der Waals surface area contributed by atoms with Crippen LogP contribution >= 0.6 is 23.2 Å². The third-order valence-electron chi connectivity index (χ3n) is 7.63. The van der Waals surface area contributed by atoms with Gasteiger partial charge in [0.2, 0.25) is 0 Å². The first kappa shape index (κ1) is 25.2. The predicted octanol–water partition coefficient (Wildman–Crippen LogP) is 7.28. The number of fused-ring (bicyclic) bond motifs is 2. The van der Waals surface area contributed by atoms with Crippen LogP contribution in [0.5, 0.6) is 0 Å². The van der Waals surface area contributed by atoms with Gasteiger partial charge in [-0.25, -0.2) is 9.18 Å². The number of hydrogen-bond acceptors (Lipinski definition) is 5. The lowest BCUT2D eigenvalue weighted by Gasteiger charge is -2.38. The van der Waals surface area contributed by atoms with E-state index in [0.29, 0.717) is 46.7 Å². The van der Waals surface area contributed by atoms with Crippen LogP contribution in [0.3, 0.4) is 0 Å². The number of urea groups is 1. The van der Waals surface area contributed by atoms with Crippen molar-refractivity contribution < 1.29 is 18.4 Å². The van der Waals surface area contributed by atoms with Crippen molar-refractivity contribution in [2.75, 3.05) is 5.32 Å². The molecule has 3 aromatic rings. The van der Waals surface area contributed by atoms with Crippen molar-refractivity contribution in [2.24, 2.45) is 0 Å². The van der Waals surface area contributed by atoms with Crippen molar-refractivity contribution in [3.05, 3.63) is 69.1 Å². The Morgan fingerprint density at radius 2 is 1.87 bits per heavy atom. The van der Waals surface area contributed by atoms with Gasteiger partial charge in [-0.3, -0.25) is 0 Å². The van der Waals surface area contributed by atoms with Gasteiger partial charge >= 0.3 is 6.03 Å². The molecule has 6 rings (SSSR count). The third-order valence-corrected chi connectivity index (χ3v) is 8.26. The monoisotopic (exact) mass is 554 g/mol. The molecule has 2 aliphatic heterocycles. The Hall–Kier alpha value is -3.12. The lowest BCUT2D eigenvalue weighted by atomic mass is 9.99. The molecule has 2 aromatic carbocycles. The number of anilines is 1. The van der Waals surface area contributed by atoms with Crippen LogP contribution in [-0.4, -0.2) is 34.3 Å². The van der Waals surface area contributed by atoms with Crippen LogP contribution in [-0.2, 0) is 11.3 Å². The molecule has 1 aliphatic carbocycles. The van der Waals surface area contributed by atoms with E-state index in [1.807, 2.05) is 11.0 Å². The number of nitriles is 1. The number of nitrogens with one attached hydrogen (secondary N) is 1. The van der Waals surface area contributed by atoms with Crippen LogP contribution in [0.25, 0.3) is 11.3 Å². The normalized spacial score (nSPS) is 22.4. The number of amides is 2. The highest BCUT2D eigenvalue weighted by Gasteiger charge is 2.44. The smallest absolute Gasteiger partial charge is 0.322 e. The topological polar surface area (TPSA) is 91.4 Å². The maximum absolute atomic E-state index is 13.8. The van der Waals surface area contributed by atoms with Crippen LogP contribution in [0.2, 0.25) is 10.0 Å². The molecule has 2 unspecified atom stereocenters. The highest BCUT2D eigenvalue weighted by atomic mass is 35.5. The zero-order chi connectivity index (χ0) is 26.4. The third kappa shape index (κ3) is 4.86.